The molecule has 0 fully saturated rings. The van der Waals surface area contributed by atoms with Gasteiger partial charge in [-0.3, -0.25) is 4.79 Å². The number of ether oxygens (including phenoxy) is 2. The van der Waals surface area contributed by atoms with Crippen molar-refractivity contribution in [2.75, 3.05) is 6.61 Å². The molecule has 0 aliphatic rings. The molecule has 0 saturated carbocycles. The Morgan fingerprint density at radius 1 is 1.18 bits per heavy atom. The molecule has 17 heavy (non-hydrogen) atoms. The monoisotopic (exact) mass is 236 g/mol. The highest BCUT2D eigenvalue weighted by Gasteiger charge is 2.25. The van der Waals surface area contributed by atoms with Crippen molar-refractivity contribution in [3.8, 4) is 0 Å². The lowest BCUT2D eigenvalue weighted by Crippen LogP contribution is -2.28. The summed E-state index contributed by atoms with van der Waals surface area (Å²) in [5, 5.41) is 0. The number of hydrogen-bond donors (Lipinski definition) is 0. The Kier molecular flexibility index (Phi) is 4.26. The summed E-state index contributed by atoms with van der Waals surface area (Å²) < 4.78 is 9.83. The van der Waals surface area contributed by atoms with Gasteiger partial charge in [0.2, 0.25) is 0 Å². The molecule has 1 rings (SSSR count). The highest BCUT2D eigenvalue weighted by molar-refractivity contribution is 5.75. The molecular weight excluding hydrogens is 220 g/mol. The maximum Gasteiger partial charge on any atom is 0.345 e. The fourth-order valence-corrected chi connectivity index (χ4v) is 1.37. The van der Waals surface area contributed by atoms with E-state index in [-0.39, 0.29) is 6.61 Å². The molecule has 0 aliphatic carbocycles. The molecule has 0 unspecified atom stereocenters. The maximum absolute atomic E-state index is 11.4. The van der Waals surface area contributed by atoms with Crippen molar-refractivity contribution in [2.45, 2.75) is 26.4 Å². The summed E-state index contributed by atoms with van der Waals surface area (Å²) in [4.78, 5) is 22.0. The van der Waals surface area contributed by atoms with Crippen LogP contribution in [-0.4, -0.2) is 18.5 Å². The summed E-state index contributed by atoms with van der Waals surface area (Å²) in [6.45, 7) is 4.46. The van der Waals surface area contributed by atoms with Crippen LogP contribution >= 0.6 is 0 Å². The Morgan fingerprint density at radius 3 is 2.29 bits per heavy atom. The number of carbonyl (C=O) groups excluding carboxylic acids is 2. The molecule has 0 atom stereocenters. The second kappa shape index (κ2) is 5.48. The molecule has 0 aliphatic heterocycles. The molecule has 0 heterocycles. The van der Waals surface area contributed by atoms with E-state index in [0.29, 0.717) is 0 Å². The lowest BCUT2D eigenvalue weighted by Gasteiger charge is -2.25. The molecule has 0 N–H and O–H groups in total. The first-order chi connectivity index (χ1) is 7.92. The molecule has 1 aromatic rings. The Balaban J connectivity index is 2.61. The largest absolute Gasteiger partial charge is 0.454 e. The van der Waals surface area contributed by atoms with Crippen LogP contribution in [0.2, 0.25) is 0 Å². The van der Waals surface area contributed by atoms with Gasteiger partial charge < -0.3 is 9.47 Å². The Bertz CT molecular complexity index is 395. The molecule has 4 nitrogen and oxygen atoms in total. The molecule has 4 heteroatoms. The number of hydrogen-bond acceptors (Lipinski definition) is 4. The first-order valence-corrected chi connectivity index (χ1v) is 5.32. The summed E-state index contributed by atoms with van der Waals surface area (Å²) in [6.07, 6.45) is 0. The molecule has 0 saturated heterocycles. The normalized spacial score (nSPS) is 10.8. The summed E-state index contributed by atoms with van der Waals surface area (Å²) in [7, 11) is 0. The predicted octanol–water partition coefficient (Wildman–Crippen LogP) is 2.03. The van der Waals surface area contributed by atoms with E-state index in [1.54, 1.807) is 13.8 Å². The fourth-order valence-electron chi connectivity index (χ4n) is 1.37. The lowest BCUT2D eigenvalue weighted by atomic mass is 9.98. The zero-order valence-electron chi connectivity index (χ0n) is 10.2. The van der Waals surface area contributed by atoms with Crippen molar-refractivity contribution < 1.29 is 19.1 Å². The van der Waals surface area contributed by atoms with Gasteiger partial charge in [-0.1, -0.05) is 30.3 Å². The minimum Gasteiger partial charge on any atom is -0.454 e. The molecule has 0 bridgehead atoms. The van der Waals surface area contributed by atoms with Crippen LogP contribution in [0.15, 0.2) is 30.3 Å². The highest BCUT2D eigenvalue weighted by Crippen LogP contribution is 2.24. The Morgan fingerprint density at radius 2 is 1.76 bits per heavy atom. The third-order valence-electron chi connectivity index (χ3n) is 2.23. The third-order valence-corrected chi connectivity index (χ3v) is 2.23. The minimum atomic E-state index is -0.738. The van der Waals surface area contributed by atoms with E-state index in [2.05, 4.69) is 4.74 Å². The number of esters is 2. The van der Waals surface area contributed by atoms with Gasteiger partial charge in [0.25, 0.3) is 0 Å². The first-order valence-electron chi connectivity index (χ1n) is 5.32. The first kappa shape index (κ1) is 13.2. The molecular formula is C13H16O4. The van der Waals surface area contributed by atoms with Crippen LogP contribution in [0.5, 0.6) is 0 Å². The van der Waals surface area contributed by atoms with Crippen LogP contribution in [0.25, 0.3) is 0 Å². The zero-order valence-corrected chi connectivity index (χ0v) is 10.2. The van der Waals surface area contributed by atoms with E-state index in [0.717, 1.165) is 5.56 Å². The van der Waals surface area contributed by atoms with Gasteiger partial charge in [-0.2, -0.15) is 0 Å². The number of carbonyl (C=O) groups is 2. The molecule has 0 amide bonds. The van der Waals surface area contributed by atoms with Gasteiger partial charge in [0.05, 0.1) is 0 Å². The van der Waals surface area contributed by atoms with Crippen LogP contribution in [-0.2, 0) is 24.7 Å². The van der Waals surface area contributed by atoms with Gasteiger partial charge in [-0.05, 0) is 19.4 Å². The van der Waals surface area contributed by atoms with E-state index in [1.165, 1.54) is 6.92 Å². The molecule has 0 aromatic heterocycles. The van der Waals surface area contributed by atoms with E-state index in [9.17, 15) is 9.59 Å². The summed E-state index contributed by atoms with van der Waals surface area (Å²) >= 11 is 0. The van der Waals surface area contributed by atoms with Crippen molar-refractivity contribution >= 4 is 11.9 Å². The fraction of sp³-hybridized carbons (Fsp3) is 0.385. The summed E-state index contributed by atoms with van der Waals surface area (Å²) in [5.74, 6) is -1.06. The summed E-state index contributed by atoms with van der Waals surface area (Å²) in [5.41, 5.74) is 0.148. The van der Waals surface area contributed by atoms with E-state index >= 15 is 0 Å². The standard InChI is InChI=1S/C13H16O4/c1-10(14)16-9-12(15)17-13(2,3)11-7-5-4-6-8-11/h4-8H,9H2,1-3H3. The smallest absolute Gasteiger partial charge is 0.345 e. The van der Waals surface area contributed by atoms with Crippen molar-refractivity contribution in [1.29, 1.82) is 0 Å². The second-order valence-electron chi connectivity index (χ2n) is 4.13. The van der Waals surface area contributed by atoms with E-state index in [1.807, 2.05) is 30.3 Å². The molecule has 92 valence electrons. The third kappa shape index (κ3) is 4.26. The van der Waals surface area contributed by atoms with Crippen LogP contribution < -0.4 is 0 Å². The van der Waals surface area contributed by atoms with Gasteiger partial charge in [0.1, 0.15) is 5.60 Å². The van der Waals surface area contributed by atoms with Crippen molar-refractivity contribution in [2.24, 2.45) is 0 Å². The van der Waals surface area contributed by atoms with Gasteiger partial charge in [0.15, 0.2) is 6.61 Å². The second-order valence-corrected chi connectivity index (χ2v) is 4.13. The van der Waals surface area contributed by atoms with E-state index < -0.39 is 17.5 Å². The van der Waals surface area contributed by atoms with Gasteiger partial charge >= 0.3 is 11.9 Å². The molecule has 1 aromatic carbocycles. The topological polar surface area (TPSA) is 52.6 Å². The van der Waals surface area contributed by atoms with Gasteiger partial charge in [-0.15, -0.1) is 0 Å². The van der Waals surface area contributed by atoms with Crippen LogP contribution in [0.3, 0.4) is 0 Å². The molecule has 0 spiro atoms. The summed E-state index contributed by atoms with van der Waals surface area (Å²) in [6, 6.07) is 9.38. The average molecular weight is 236 g/mol. The predicted molar refractivity (Wildman–Crippen MR) is 62.2 cm³/mol. The van der Waals surface area contributed by atoms with Crippen molar-refractivity contribution in [1.82, 2.24) is 0 Å². The lowest BCUT2D eigenvalue weighted by molar-refractivity contribution is -0.167. The van der Waals surface area contributed by atoms with Crippen molar-refractivity contribution in [3.63, 3.8) is 0 Å². The zero-order chi connectivity index (χ0) is 12.9. The highest BCUT2D eigenvalue weighted by atomic mass is 16.6. The maximum atomic E-state index is 11.4. The van der Waals surface area contributed by atoms with Crippen LogP contribution in [0.1, 0.15) is 26.3 Å². The average Bonchev–Trinajstić information content (AvgIpc) is 2.27. The quantitative estimate of drug-likeness (QED) is 0.750. The number of rotatable bonds is 4. The molecule has 0 radical (unpaired) electrons. The Labute approximate surface area is 101 Å². The SMILES string of the molecule is CC(=O)OCC(=O)OC(C)(C)c1ccccc1. The number of benzene rings is 1. The van der Waals surface area contributed by atoms with Gasteiger partial charge in [0, 0.05) is 6.92 Å². The van der Waals surface area contributed by atoms with Crippen LogP contribution in [0.4, 0.5) is 0 Å². The van der Waals surface area contributed by atoms with E-state index in [4.69, 9.17) is 4.74 Å². The van der Waals surface area contributed by atoms with Crippen LogP contribution in [0, 0.1) is 0 Å². The van der Waals surface area contributed by atoms with Crippen molar-refractivity contribution in [3.05, 3.63) is 35.9 Å². The van der Waals surface area contributed by atoms with Gasteiger partial charge in [-0.25, -0.2) is 4.79 Å². The minimum absolute atomic E-state index is 0.356. The Hall–Kier alpha value is -1.84.